The minimum atomic E-state index is -1.23. The van der Waals surface area contributed by atoms with Crippen molar-refractivity contribution in [3.05, 3.63) is 60.1 Å². The number of amides is 3. The van der Waals surface area contributed by atoms with Crippen molar-refractivity contribution in [1.29, 1.82) is 0 Å². The van der Waals surface area contributed by atoms with E-state index in [0.717, 1.165) is 10.5 Å². The predicted octanol–water partition coefficient (Wildman–Crippen LogP) is 1.03. The van der Waals surface area contributed by atoms with Crippen LogP contribution in [0.1, 0.15) is 36.2 Å². The molecule has 1 aromatic carbocycles. The van der Waals surface area contributed by atoms with Gasteiger partial charge in [-0.2, -0.15) is 0 Å². The monoisotopic (exact) mass is 441 g/mol. The molecule has 1 fully saturated rings. The van der Waals surface area contributed by atoms with E-state index in [1.165, 1.54) is 25.6 Å². The normalized spacial score (nSPS) is 19.4. The van der Waals surface area contributed by atoms with Gasteiger partial charge in [-0.05, 0) is 23.5 Å². The Bertz CT molecular complexity index is 986. The van der Waals surface area contributed by atoms with E-state index in [-0.39, 0.29) is 18.6 Å². The molecule has 1 aliphatic rings. The maximum absolute atomic E-state index is 13.5. The lowest BCUT2D eigenvalue weighted by Gasteiger charge is -2.34. The number of Topliss-reactive ketones (excluding diaryl/α,β-unsaturated/α-hetero) is 1. The molecule has 1 saturated heterocycles. The maximum atomic E-state index is 13.5. The number of ketones is 1. The second-order valence-electron chi connectivity index (χ2n) is 8.49. The van der Waals surface area contributed by atoms with E-state index in [2.05, 4.69) is 5.32 Å². The first-order valence-corrected chi connectivity index (χ1v) is 10.2. The minimum Gasteiger partial charge on any atom is -0.472 e. The number of ether oxygens (including phenoxy) is 1. The maximum Gasteiger partial charge on any atom is 0.255 e. The highest BCUT2D eigenvalue weighted by molar-refractivity contribution is 6.00. The Morgan fingerprint density at radius 2 is 1.91 bits per heavy atom. The largest absolute Gasteiger partial charge is 0.472 e. The van der Waals surface area contributed by atoms with Gasteiger partial charge in [-0.3, -0.25) is 19.2 Å². The lowest BCUT2D eigenvalue weighted by molar-refractivity contribution is -0.141. The third-order valence-electron chi connectivity index (χ3n) is 5.72. The highest BCUT2D eigenvalue weighted by Crippen LogP contribution is 2.29. The van der Waals surface area contributed by atoms with Crippen LogP contribution in [0.15, 0.2) is 53.3 Å². The zero-order valence-electron chi connectivity index (χ0n) is 18.2. The summed E-state index contributed by atoms with van der Waals surface area (Å²) in [6, 6.07) is 8.94. The average molecular weight is 441 g/mol. The number of carbonyl (C=O) groups excluding carboxylic acids is 4. The summed E-state index contributed by atoms with van der Waals surface area (Å²) in [6.45, 7) is 3.61. The number of hydrogen-bond acceptors (Lipinski definition) is 6. The molecule has 1 aliphatic heterocycles. The number of nitrogens with one attached hydrogen (secondary N) is 1. The Balaban J connectivity index is 1.88. The van der Waals surface area contributed by atoms with Crippen LogP contribution < -0.4 is 11.1 Å². The van der Waals surface area contributed by atoms with Gasteiger partial charge in [0.1, 0.15) is 25.0 Å². The fourth-order valence-corrected chi connectivity index (χ4v) is 3.91. The summed E-state index contributed by atoms with van der Waals surface area (Å²) in [4.78, 5) is 51.4. The van der Waals surface area contributed by atoms with Crippen LogP contribution in [0, 0.1) is 0 Å². The third kappa shape index (κ3) is 4.88. The van der Waals surface area contributed by atoms with Gasteiger partial charge in [0.05, 0.1) is 11.8 Å². The molecule has 3 N–H and O–H groups in total. The summed E-state index contributed by atoms with van der Waals surface area (Å²) in [5.41, 5.74) is 6.10. The summed E-state index contributed by atoms with van der Waals surface area (Å²) in [6.07, 6.45) is 1.65. The molecule has 0 radical (unpaired) electrons. The number of benzene rings is 1. The van der Waals surface area contributed by atoms with E-state index in [0.29, 0.717) is 0 Å². The summed E-state index contributed by atoms with van der Waals surface area (Å²) in [5, 5.41) is 2.75. The van der Waals surface area contributed by atoms with Crippen molar-refractivity contribution in [3.63, 3.8) is 0 Å². The second kappa shape index (κ2) is 9.35. The van der Waals surface area contributed by atoms with Crippen molar-refractivity contribution in [2.45, 2.75) is 43.9 Å². The smallest absolute Gasteiger partial charge is 0.255 e. The van der Waals surface area contributed by atoms with Crippen molar-refractivity contribution in [1.82, 2.24) is 10.2 Å². The molecule has 3 rings (SSSR count). The van der Waals surface area contributed by atoms with Crippen LogP contribution >= 0.6 is 0 Å². The van der Waals surface area contributed by atoms with E-state index in [1.54, 1.807) is 0 Å². The minimum absolute atomic E-state index is 0.243. The van der Waals surface area contributed by atoms with Crippen molar-refractivity contribution in [3.8, 4) is 0 Å². The van der Waals surface area contributed by atoms with Gasteiger partial charge in [0.2, 0.25) is 11.8 Å². The lowest BCUT2D eigenvalue weighted by atomic mass is 9.78. The number of carbonyl (C=O) groups is 4. The molecule has 32 heavy (non-hydrogen) atoms. The molecule has 0 spiro atoms. The van der Waals surface area contributed by atoms with E-state index >= 15 is 0 Å². The Hall–Kier alpha value is -3.46. The molecule has 9 nitrogen and oxygen atoms in total. The standard InChI is InChI=1S/C23H27N3O6/c1-23(2,15-7-5-4-6-8-15)11-16(25-21(29)14-9-10-31-12-14)22(30)26(3)18-17(27)13-32-19(18)20(24)28/h4-10,12,16,18-19H,11,13H2,1-3H3,(H2,24,28)(H,25,29). The summed E-state index contributed by atoms with van der Waals surface area (Å²) >= 11 is 0. The van der Waals surface area contributed by atoms with Crippen LogP contribution in [0.2, 0.25) is 0 Å². The molecule has 2 aromatic rings. The molecule has 0 saturated carbocycles. The SMILES string of the molecule is CN(C(=O)C(CC(C)(C)c1ccccc1)NC(=O)c1ccoc1)C1C(=O)COC1C(N)=O. The third-order valence-corrected chi connectivity index (χ3v) is 5.72. The molecule has 2 heterocycles. The molecular weight excluding hydrogens is 414 g/mol. The topological polar surface area (TPSA) is 132 Å². The van der Waals surface area contributed by atoms with Crippen LogP contribution in [0.25, 0.3) is 0 Å². The van der Waals surface area contributed by atoms with Crippen molar-refractivity contribution in [2.75, 3.05) is 13.7 Å². The van der Waals surface area contributed by atoms with Crippen LogP contribution in [-0.4, -0.2) is 60.2 Å². The fraction of sp³-hybridized carbons (Fsp3) is 0.391. The van der Waals surface area contributed by atoms with Crippen LogP contribution in [0.5, 0.6) is 0 Å². The number of nitrogens with zero attached hydrogens (tertiary/aromatic N) is 1. The highest BCUT2D eigenvalue weighted by Gasteiger charge is 2.45. The number of rotatable bonds is 8. The van der Waals surface area contributed by atoms with Gasteiger partial charge in [0, 0.05) is 7.05 Å². The van der Waals surface area contributed by atoms with Crippen molar-refractivity contribution in [2.24, 2.45) is 5.73 Å². The average Bonchev–Trinajstić information content (AvgIpc) is 3.42. The number of likely N-dealkylation sites (N-methyl/N-ethyl adjacent to an activating group) is 1. The van der Waals surface area contributed by atoms with E-state index < -0.39 is 47.1 Å². The molecule has 0 bridgehead atoms. The van der Waals surface area contributed by atoms with E-state index in [9.17, 15) is 19.2 Å². The summed E-state index contributed by atoms with van der Waals surface area (Å²) in [5.74, 6) is -2.27. The van der Waals surface area contributed by atoms with Crippen LogP contribution in [0.3, 0.4) is 0 Å². The summed E-state index contributed by atoms with van der Waals surface area (Å²) < 4.78 is 10.1. The number of nitrogens with two attached hydrogens (primary N) is 1. The number of hydrogen-bond donors (Lipinski definition) is 2. The van der Waals surface area contributed by atoms with E-state index in [4.69, 9.17) is 14.9 Å². The summed E-state index contributed by atoms with van der Waals surface area (Å²) in [7, 11) is 1.40. The molecule has 170 valence electrons. The quantitative estimate of drug-likeness (QED) is 0.629. The van der Waals surface area contributed by atoms with Crippen LogP contribution in [-0.2, 0) is 24.5 Å². The number of furan rings is 1. The molecule has 1 aromatic heterocycles. The van der Waals surface area contributed by atoms with Gasteiger partial charge in [0.25, 0.3) is 5.91 Å². The molecule has 3 unspecified atom stereocenters. The zero-order chi connectivity index (χ0) is 23.5. The first-order chi connectivity index (χ1) is 15.1. The van der Waals surface area contributed by atoms with Crippen molar-refractivity contribution >= 4 is 23.5 Å². The van der Waals surface area contributed by atoms with E-state index in [1.807, 2.05) is 44.2 Å². The Kier molecular flexibility index (Phi) is 6.78. The number of primary amides is 1. The second-order valence-corrected chi connectivity index (χ2v) is 8.49. The Morgan fingerprint density at radius 1 is 1.22 bits per heavy atom. The predicted molar refractivity (Wildman–Crippen MR) is 115 cm³/mol. The molecule has 3 amide bonds. The zero-order valence-corrected chi connectivity index (χ0v) is 18.2. The fourth-order valence-electron chi connectivity index (χ4n) is 3.91. The van der Waals surface area contributed by atoms with Gasteiger partial charge in [0.15, 0.2) is 11.9 Å². The first-order valence-electron chi connectivity index (χ1n) is 10.2. The molecular formula is C23H27N3O6. The Labute approximate surface area is 185 Å². The molecule has 3 atom stereocenters. The molecule has 9 heteroatoms. The van der Waals surface area contributed by atoms with Gasteiger partial charge < -0.3 is 25.1 Å². The first kappa shape index (κ1) is 23.2. The van der Waals surface area contributed by atoms with Crippen LogP contribution in [0.4, 0.5) is 0 Å². The van der Waals surface area contributed by atoms with Gasteiger partial charge in [-0.15, -0.1) is 0 Å². The van der Waals surface area contributed by atoms with Crippen molar-refractivity contribution < 1.29 is 28.3 Å². The highest BCUT2D eigenvalue weighted by atomic mass is 16.5. The van der Waals surface area contributed by atoms with Gasteiger partial charge in [-0.1, -0.05) is 44.2 Å². The van der Waals surface area contributed by atoms with Gasteiger partial charge >= 0.3 is 0 Å². The lowest BCUT2D eigenvalue weighted by Crippen LogP contribution is -2.57. The molecule has 0 aliphatic carbocycles. The Morgan fingerprint density at radius 3 is 2.50 bits per heavy atom. The van der Waals surface area contributed by atoms with Gasteiger partial charge in [-0.25, -0.2) is 0 Å².